The molecule has 0 unspecified atom stereocenters. The van der Waals surface area contributed by atoms with Gasteiger partial charge in [0.15, 0.2) is 0 Å². The van der Waals surface area contributed by atoms with Gasteiger partial charge in [-0.15, -0.1) is 0 Å². The molecule has 0 fully saturated rings. The minimum atomic E-state index is -0.423. The average molecular weight is 247 g/mol. The predicted molar refractivity (Wildman–Crippen MR) is 61.6 cm³/mol. The van der Waals surface area contributed by atoms with Crippen molar-refractivity contribution in [2.24, 2.45) is 0 Å². The summed E-state index contributed by atoms with van der Waals surface area (Å²) in [5.41, 5.74) is 0. The Balaban J connectivity index is 4.20. The van der Waals surface area contributed by atoms with Crippen molar-refractivity contribution in [2.45, 2.75) is 13.8 Å². The van der Waals surface area contributed by atoms with Crippen molar-refractivity contribution in [1.29, 1.82) is 0 Å². The predicted octanol–water partition coefficient (Wildman–Crippen LogP) is 0.0610. The number of hydrogen-bond acceptors (Lipinski definition) is 5. The van der Waals surface area contributed by atoms with Crippen molar-refractivity contribution in [3.8, 4) is 0 Å². The van der Waals surface area contributed by atoms with Gasteiger partial charge in [-0.3, -0.25) is 9.59 Å². The molecule has 0 saturated carbocycles. The summed E-state index contributed by atoms with van der Waals surface area (Å²) in [6, 6.07) is 0. The average Bonchev–Trinajstić information content (AvgIpc) is 2.31. The molecule has 6 nitrogen and oxygen atoms in total. The highest BCUT2D eigenvalue weighted by atomic mass is 16.5. The van der Waals surface area contributed by atoms with Gasteiger partial charge >= 0.3 is 5.97 Å². The number of rotatable bonds is 9. The summed E-state index contributed by atoms with van der Waals surface area (Å²) in [4.78, 5) is 24.4. The topological polar surface area (TPSA) is 65.1 Å². The normalized spacial score (nSPS) is 10.1. The van der Waals surface area contributed by atoms with E-state index in [4.69, 9.17) is 14.2 Å². The molecule has 17 heavy (non-hydrogen) atoms. The van der Waals surface area contributed by atoms with Crippen LogP contribution in [-0.4, -0.2) is 63.4 Å². The van der Waals surface area contributed by atoms with Crippen LogP contribution in [0.3, 0.4) is 0 Å². The third kappa shape index (κ3) is 7.70. The summed E-state index contributed by atoms with van der Waals surface area (Å²) in [5, 5.41) is 0. The van der Waals surface area contributed by atoms with Crippen LogP contribution in [0.2, 0.25) is 0 Å². The van der Waals surface area contributed by atoms with Crippen molar-refractivity contribution in [3.63, 3.8) is 0 Å². The summed E-state index contributed by atoms with van der Waals surface area (Å²) in [6.45, 7) is 4.92. The van der Waals surface area contributed by atoms with Gasteiger partial charge in [-0.25, -0.2) is 0 Å². The first kappa shape index (κ1) is 15.9. The maximum absolute atomic E-state index is 11.7. The van der Waals surface area contributed by atoms with E-state index in [1.165, 1.54) is 12.0 Å². The molecule has 0 radical (unpaired) electrons. The number of amides is 1. The van der Waals surface area contributed by atoms with Crippen LogP contribution >= 0.6 is 0 Å². The highest BCUT2D eigenvalue weighted by Gasteiger charge is 2.17. The van der Waals surface area contributed by atoms with Crippen LogP contribution in [-0.2, 0) is 23.8 Å². The molecule has 0 N–H and O–H groups in total. The van der Waals surface area contributed by atoms with E-state index in [1.54, 1.807) is 13.8 Å². The summed E-state index contributed by atoms with van der Waals surface area (Å²) in [5.74, 6) is -0.662. The van der Waals surface area contributed by atoms with Gasteiger partial charge in [0, 0.05) is 20.3 Å². The molecule has 0 atom stereocenters. The van der Waals surface area contributed by atoms with E-state index in [9.17, 15) is 9.59 Å². The lowest BCUT2D eigenvalue weighted by Gasteiger charge is -2.21. The molecule has 0 rings (SSSR count). The van der Waals surface area contributed by atoms with Gasteiger partial charge in [-0.1, -0.05) is 0 Å². The van der Waals surface area contributed by atoms with Crippen molar-refractivity contribution in [2.75, 3.05) is 46.6 Å². The first-order valence-corrected chi connectivity index (χ1v) is 5.65. The number of nitrogens with zero attached hydrogens (tertiary/aromatic N) is 1. The number of carbonyl (C=O) groups excluding carboxylic acids is 2. The van der Waals surface area contributed by atoms with Crippen molar-refractivity contribution < 1.29 is 23.8 Å². The molecule has 6 heteroatoms. The molecule has 0 aliphatic carbocycles. The minimum Gasteiger partial charge on any atom is -0.465 e. The molecule has 0 spiro atoms. The highest BCUT2D eigenvalue weighted by Crippen LogP contribution is 1.94. The molecule has 0 aliphatic heterocycles. The largest absolute Gasteiger partial charge is 0.465 e. The lowest BCUT2D eigenvalue weighted by Crippen LogP contribution is -2.40. The zero-order valence-electron chi connectivity index (χ0n) is 10.7. The van der Waals surface area contributed by atoms with E-state index >= 15 is 0 Å². The van der Waals surface area contributed by atoms with E-state index in [-0.39, 0.29) is 19.1 Å². The molecular weight excluding hydrogens is 226 g/mol. The van der Waals surface area contributed by atoms with Gasteiger partial charge < -0.3 is 19.1 Å². The number of methoxy groups -OCH3 is 1. The highest BCUT2D eigenvalue weighted by molar-refractivity contribution is 5.82. The van der Waals surface area contributed by atoms with Gasteiger partial charge in [0.1, 0.15) is 13.2 Å². The number of hydrogen-bond donors (Lipinski definition) is 0. The van der Waals surface area contributed by atoms with E-state index in [0.29, 0.717) is 26.4 Å². The van der Waals surface area contributed by atoms with Crippen molar-refractivity contribution in [3.05, 3.63) is 0 Å². The maximum Gasteiger partial charge on any atom is 0.325 e. The second-order valence-electron chi connectivity index (χ2n) is 3.25. The molecule has 1 amide bonds. The summed E-state index contributed by atoms with van der Waals surface area (Å²) in [6.07, 6.45) is 0. The first-order chi connectivity index (χ1) is 8.15. The van der Waals surface area contributed by atoms with E-state index in [1.807, 2.05) is 0 Å². The quantitative estimate of drug-likeness (QED) is 0.539. The van der Waals surface area contributed by atoms with Crippen LogP contribution in [0.4, 0.5) is 0 Å². The van der Waals surface area contributed by atoms with Gasteiger partial charge in [0.25, 0.3) is 0 Å². The minimum absolute atomic E-state index is 0.0282. The Hall–Kier alpha value is -1.14. The fourth-order valence-corrected chi connectivity index (χ4v) is 1.14. The number of carbonyl (C=O) groups is 2. The van der Waals surface area contributed by atoms with Gasteiger partial charge in [0.05, 0.1) is 13.2 Å². The standard InChI is InChI=1S/C11H21NO5/c1-4-16-9-10(13)12(6-7-15-3)8-11(14)17-5-2/h4-9H2,1-3H3. The Morgan fingerprint density at radius 2 is 1.88 bits per heavy atom. The first-order valence-electron chi connectivity index (χ1n) is 5.65. The zero-order chi connectivity index (χ0) is 13.1. The Morgan fingerprint density at radius 3 is 2.41 bits per heavy atom. The molecular formula is C11H21NO5. The van der Waals surface area contributed by atoms with E-state index in [0.717, 1.165) is 0 Å². The lowest BCUT2D eigenvalue weighted by atomic mass is 10.4. The fourth-order valence-electron chi connectivity index (χ4n) is 1.14. The Kier molecular flexibility index (Phi) is 9.37. The summed E-state index contributed by atoms with van der Waals surface area (Å²) >= 11 is 0. The van der Waals surface area contributed by atoms with Crippen LogP contribution < -0.4 is 0 Å². The maximum atomic E-state index is 11.7. The molecule has 0 aromatic rings. The number of ether oxygens (including phenoxy) is 3. The van der Waals surface area contributed by atoms with Crippen molar-refractivity contribution >= 4 is 11.9 Å². The molecule has 0 saturated heterocycles. The second kappa shape index (κ2) is 10.0. The van der Waals surface area contributed by atoms with Gasteiger partial charge in [0.2, 0.25) is 5.91 Å². The molecule has 0 heterocycles. The van der Waals surface area contributed by atoms with Crippen LogP contribution in [0, 0.1) is 0 Å². The Labute approximate surface area is 102 Å². The summed E-state index contributed by atoms with van der Waals surface area (Å²) < 4.78 is 14.7. The SMILES string of the molecule is CCOCC(=O)N(CCOC)CC(=O)OCC. The van der Waals surface area contributed by atoms with Crippen LogP contribution in [0.15, 0.2) is 0 Å². The Bertz CT molecular complexity index is 232. The molecule has 0 aromatic heterocycles. The second-order valence-corrected chi connectivity index (χ2v) is 3.25. The lowest BCUT2D eigenvalue weighted by molar-refractivity contribution is -0.150. The molecule has 0 aromatic carbocycles. The van der Waals surface area contributed by atoms with Crippen LogP contribution in [0.5, 0.6) is 0 Å². The van der Waals surface area contributed by atoms with Gasteiger partial charge in [-0.05, 0) is 13.8 Å². The Morgan fingerprint density at radius 1 is 1.18 bits per heavy atom. The molecule has 100 valence electrons. The summed E-state index contributed by atoms with van der Waals surface area (Å²) in [7, 11) is 1.54. The smallest absolute Gasteiger partial charge is 0.325 e. The third-order valence-electron chi connectivity index (χ3n) is 1.97. The molecule has 0 aliphatic rings. The van der Waals surface area contributed by atoms with E-state index < -0.39 is 5.97 Å². The van der Waals surface area contributed by atoms with Gasteiger partial charge in [-0.2, -0.15) is 0 Å². The van der Waals surface area contributed by atoms with Crippen LogP contribution in [0.1, 0.15) is 13.8 Å². The van der Waals surface area contributed by atoms with E-state index in [2.05, 4.69) is 0 Å². The van der Waals surface area contributed by atoms with Crippen molar-refractivity contribution in [1.82, 2.24) is 4.90 Å². The third-order valence-corrected chi connectivity index (χ3v) is 1.97. The monoisotopic (exact) mass is 247 g/mol. The molecule has 0 bridgehead atoms. The number of esters is 1. The van der Waals surface area contributed by atoms with Crippen LogP contribution in [0.25, 0.3) is 0 Å². The zero-order valence-corrected chi connectivity index (χ0v) is 10.7. The fraction of sp³-hybridized carbons (Fsp3) is 0.818.